The van der Waals surface area contributed by atoms with Gasteiger partial charge in [0.1, 0.15) is 5.82 Å². The van der Waals surface area contributed by atoms with Crippen molar-refractivity contribution >= 4 is 17.6 Å². The number of anilines is 1. The van der Waals surface area contributed by atoms with Gasteiger partial charge in [-0.3, -0.25) is 0 Å². The molecule has 2 amide bonds. The Morgan fingerprint density at radius 1 is 1.50 bits per heavy atom. The number of hydrogen-bond donors (Lipinski definition) is 4. The van der Waals surface area contributed by atoms with Crippen LogP contribution in [0.3, 0.4) is 0 Å². The third kappa shape index (κ3) is 3.93. The summed E-state index contributed by atoms with van der Waals surface area (Å²) < 4.78 is 12.7. The maximum atomic E-state index is 12.7. The summed E-state index contributed by atoms with van der Waals surface area (Å²) >= 11 is 0. The molecule has 5 N–H and O–H groups in total. The van der Waals surface area contributed by atoms with Crippen LogP contribution in [0, 0.1) is 5.82 Å². The van der Waals surface area contributed by atoms with Gasteiger partial charge in [-0.05, 0) is 30.7 Å². The standard InChI is InChI=1S/C11H15FN4O2/c1-2-9(10(13)16-18)15-11(17)14-8-5-3-7(12)4-6-8/h3-6,9,18H,2H2,1H3,(H2,13,16)(H2,14,15,17). The van der Waals surface area contributed by atoms with Gasteiger partial charge < -0.3 is 21.6 Å². The first-order valence-corrected chi connectivity index (χ1v) is 5.37. The van der Waals surface area contributed by atoms with Crippen LogP contribution in [0.25, 0.3) is 0 Å². The van der Waals surface area contributed by atoms with E-state index in [1.54, 1.807) is 6.92 Å². The molecule has 0 saturated carbocycles. The molecule has 0 aromatic heterocycles. The van der Waals surface area contributed by atoms with E-state index in [0.29, 0.717) is 12.1 Å². The van der Waals surface area contributed by atoms with Gasteiger partial charge >= 0.3 is 6.03 Å². The number of nitrogens with two attached hydrogens (primary N) is 1. The molecule has 1 atom stereocenters. The molecule has 0 bridgehead atoms. The fourth-order valence-electron chi connectivity index (χ4n) is 1.31. The second-order valence-corrected chi connectivity index (χ2v) is 3.59. The number of benzene rings is 1. The Morgan fingerprint density at radius 3 is 2.61 bits per heavy atom. The highest BCUT2D eigenvalue weighted by Crippen LogP contribution is 2.07. The first-order chi connectivity index (χ1) is 8.56. The van der Waals surface area contributed by atoms with Gasteiger partial charge in [-0.1, -0.05) is 12.1 Å². The molecule has 0 aliphatic carbocycles. The predicted molar refractivity (Wildman–Crippen MR) is 66.0 cm³/mol. The summed E-state index contributed by atoms with van der Waals surface area (Å²) in [6.07, 6.45) is 0.479. The summed E-state index contributed by atoms with van der Waals surface area (Å²) in [4.78, 5) is 11.6. The number of carbonyl (C=O) groups excluding carboxylic acids is 1. The van der Waals surface area contributed by atoms with Crippen molar-refractivity contribution in [2.45, 2.75) is 19.4 Å². The van der Waals surface area contributed by atoms with Crippen LogP contribution < -0.4 is 16.4 Å². The van der Waals surface area contributed by atoms with Crippen molar-refractivity contribution in [1.29, 1.82) is 0 Å². The zero-order chi connectivity index (χ0) is 13.5. The average molecular weight is 254 g/mol. The lowest BCUT2D eigenvalue weighted by atomic mass is 10.2. The van der Waals surface area contributed by atoms with E-state index in [-0.39, 0.29) is 11.7 Å². The number of halogens is 1. The van der Waals surface area contributed by atoms with Crippen LogP contribution in [0.15, 0.2) is 29.4 Å². The summed E-state index contributed by atoms with van der Waals surface area (Å²) in [7, 11) is 0. The maximum Gasteiger partial charge on any atom is 0.319 e. The molecule has 0 saturated heterocycles. The van der Waals surface area contributed by atoms with Crippen LogP contribution >= 0.6 is 0 Å². The van der Waals surface area contributed by atoms with Crippen molar-refractivity contribution in [1.82, 2.24) is 5.32 Å². The fraction of sp³-hybridized carbons (Fsp3) is 0.273. The van der Waals surface area contributed by atoms with E-state index in [0.717, 1.165) is 0 Å². The van der Waals surface area contributed by atoms with Crippen molar-refractivity contribution < 1.29 is 14.4 Å². The molecule has 98 valence electrons. The Morgan fingerprint density at radius 2 is 2.11 bits per heavy atom. The highest BCUT2D eigenvalue weighted by Gasteiger charge is 2.14. The molecular weight excluding hydrogens is 239 g/mol. The molecule has 7 heteroatoms. The number of urea groups is 1. The molecule has 0 spiro atoms. The summed E-state index contributed by atoms with van der Waals surface area (Å²) in [5, 5.41) is 16.4. The number of nitrogens with one attached hydrogen (secondary N) is 2. The van der Waals surface area contributed by atoms with Crippen LogP contribution in [-0.2, 0) is 0 Å². The van der Waals surface area contributed by atoms with E-state index in [9.17, 15) is 9.18 Å². The number of amides is 2. The Balaban J connectivity index is 2.58. The zero-order valence-corrected chi connectivity index (χ0v) is 9.85. The minimum atomic E-state index is -0.560. The zero-order valence-electron chi connectivity index (χ0n) is 9.85. The van der Waals surface area contributed by atoms with E-state index in [4.69, 9.17) is 10.9 Å². The Kier molecular flexibility index (Phi) is 4.91. The van der Waals surface area contributed by atoms with Crippen LogP contribution in [0.5, 0.6) is 0 Å². The van der Waals surface area contributed by atoms with Crippen molar-refractivity contribution in [2.75, 3.05) is 5.32 Å². The highest BCUT2D eigenvalue weighted by molar-refractivity contribution is 5.94. The van der Waals surface area contributed by atoms with E-state index in [1.807, 2.05) is 0 Å². The van der Waals surface area contributed by atoms with Crippen molar-refractivity contribution in [3.63, 3.8) is 0 Å². The minimum Gasteiger partial charge on any atom is -0.409 e. The van der Waals surface area contributed by atoms with Crippen LogP contribution in [-0.4, -0.2) is 23.1 Å². The van der Waals surface area contributed by atoms with Crippen molar-refractivity contribution in [3.05, 3.63) is 30.1 Å². The van der Waals surface area contributed by atoms with Gasteiger partial charge in [0.15, 0.2) is 5.84 Å². The van der Waals surface area contributed by atoms with Gasteiger partial charge in [-0.15, -0.1) is 0 Å². The van der Waals surface area contributed by atoms with Crippen LogP contribution in [0.4, 0.5) is 14.9 Å². The molecule has 1 aromatic rings. The normalized spacial score (nSPS) is 12.9. The van der Waals surface area contributed by atoms with Gasteiger partial charge in [-0.2, -0.15) is 0 Å². The molecule has 6 nitrogen and oxygen atoms in total. The van der Waals surface area contributed by atoms with Gasteiger partial charge in [0.05, 0.1) is 6.04 Å². The lowest BCUT2D eigenvalue weighted by Gasteiger charge is -2.15. The smallest absolute Gasteiger partial charge is 0.319 e. The van der Waals surface area contributed by atoms with Gasteiger partial charge in [0.25, 0.3) is 0 Å². The molecule has 1 rings (SSSR count). The molecular formula is C11H15FN4O2. The molecule has 1 unspecified atom stereocenters. The van der Waals surface area contributed by atoms with Gasteiger partial charge in [0.2, 0.25) is 0 Å². The van der Waals surface area contributed by atoms with E-state index < -0.39 is 12.1 Å². The number of amidine groups is 1. The monoisotopic (exact) mass is 254 g/mol. The quantitative estimate of drug-likeness (QED) is 0.283. The first-order valence-electron chi connectivity index (χ1n) is 5.37. The largest absolute Gasteiger partial charge is 0.409 e. The van der Waals surface area contributed by atoms with Crippen molar-refractivity contribution in [2.24, 2.45) is 10.9 Å². The molecule has 18 heavy (non-hydrogen) atoms. The maximum absolute atomic E-state index is 12.7. The van der Waals surface area contributed by atoms with Gasteiger partial charge in [0, 0.05) is 5.69 Å². The summed E-state index contributed by atoms with van der Waals surface area (Å²) in [6.45, 7) is 1.78. The van der Waals surface area contributed by atoms with Gasteiger partial charge in [-0.25, -0.2) is 9.18 Å². The van der Waals surface area contributed by atoms with E-state index in [1.165, 1.54) is 24.3 Å². The molecule has 0 radical (unpaired) electrons. The second-order valence-electron chi connectivity index (χ2n) is 3.59. The predicted octanol–water partition coefficient (Wildman–Crippen LogP) is 1.47. The molecule has 0 aliphatic rings. The first kappa shape index (κ1) is 13.8. The number of oxime groups is 1. The average Bonchev–Trinajstić information content (AvgIpc) is 2.37. The summed E-state index contributed by atoms with van der Waals surface area (Å²) in [5.74, 6) is -0.462. The minimum absolute atomic E-state index is 0.0771. The molecule has 0 aliphatic heterocycles. The Hall–Kier alpha value is -2.31. The second kappa shape index (κ2) is 6.43. The highest BCUT2D eigenvalue weighted by atomic mass is 19.1. The molecule has 0 heterocycles. The lowest BCUT2D eigenvalue weighted by molar-refractivity contribution is 0.250. The van der Waals surface area contributed by atoms with Crippen LogP contribution in [0.2, 0.25) is 0 Å². The SMILES string of the molecule is CCC(NC(=O)Nc1ccc(F)cc1)/C(N)=N/O. The Labute approximate surface area is 104 Å². The molecule has 0 fully saturated rings. The number of rotatable bonds is 4. The lowest BCUT2D eigenvalue weighted by Crippen LogP contribution is -2.45. The third-order valence-electron chi connectivity index (χ3n) is 2.29. The number of carbonyl (C=O) groups is 1. The summed E-state index contributed by atoms with van der Waals surface area (Å²) in [5.41, 5.74) is 5.84. The van der Waals surface area contributed by atoms with E-state index in [2.05, 4.69) is 15.8 Å². The van der Waals surface area contributed by atoms with Crippen molar-refractivity contribution in [3.8, 4) is 0 Å². The van der Waals surface area contributed by atoms with E-state index >= 15 is 0 Å². The summed E-state index contributed by atoms with van der Waals surface area (Å²) in [6, 6.07) is 4.25. The number of nitrogens with zero attached hydrogens (tertiary/aromatic N) is 1. The Bertz CT molecular complexity index is 433. The fourth-order valence-corrected chi connectivity index (χ4v) is 1.31. The van der Waals surface area contributed by atoms with Crippen LogP contribution in [0.1, 0.15) is 13.3 Å². The third-order valence-corrected chi connectivity index (χ3v) is 2.29. The topological polar surface area (TPSA) is 99.7 Å². The molecule has 1 aromatic carbocycles. The number of hydrogen-bond acceptors (Lipinski definition) is 3.